The molecule has 7 atom stereocenters. The van der Waals surface area contributed by atoms with E-state index in [0.717, 1.165) is 12.3 Å². The van der Waals surface area contributed by atoms with E-state index in [0.29, 0.717) is 4.57 Å². The summed E-state index contributed by atoms with van der Waals surface area (Å²) in [5, 5.41) is 10.2. The van der Waals surface area contributed by atoms with Gasteiger partial charge < -0.3 is 35.2 Å². The van der Waals surface area contributed by atoms with Crippen LogP contribution in [-0.4, -0.2) is 63.9 Å². The highest BCUT2D eigenvalue weighted by Crippen LogP contribution is 2.68. The minimum atomic E-state index is -5.96. The first kappa shape index (κ1) is 27.4. The molecule has 0 spiro atoms. The van der Waals surface area contributed by atoms with E-state index in [1.165, 1.54) is 0 Å². The van der Waals surface area contributed by atoms with Gasteiger partial charge in [0.25, 0.3) is 0 Å². The standard InChI is InChI=1S/C11H17ClF2N3O12P3/c12-4-11(3-5(13)30(20,21)28-32(25,26)29-31(22,23)24)8(18)7(14)9(27-11)17-2-1-6(15)16-10(17)19/h1-2,5,7-9,18H,3-4H2,(H,20,21)(H,25,26)(H2,15,16,19)(H2,22,23,24)/t5?,7-,8?,9-,11+/m1/s1. The van der Waals surface area contributed by atoms with Gasteiger partial charge >= 0.3 is 28.9 Å². The smallest absolute Gasteiger partial charge is 0.387 e. The van der Waals surface area contributed by atoms with Crippen LogP contribution in [0.5, 0.6) is 0 Å². The summed E-state index contributed by atoms with van der Waals surface area (Å²) in [7, 11) is -17.5. The van der Waals surface area contributed by atoms with Crippen LogP contribution < -0.4 is 11.4 Å². The second-order valence-electron chi connectivity index (χ2n) is 6.46. The molecule has 0 saturated carbocycles. The number of aliphatic hydroxyl groups excluding tert-OH is 1. The number of nitrogens with zero attached hydrogens (tertiary/aromatic N) is 2. The molecule has 0 aromatic carbocycles. The van der Waals surface area contributed by atoms with Crippen molar-refractivity contribution in [3.05, 3.63) is 22.7 Å². The molecule has 1 saturated heterocycles. The summed E-state index contributed by atoms with van der Waals surface area (Å²) in [6.07, 6.45) is -7.09. The van der Waals surface area contributed by atoms with Crippen LogP contribution in [0.15, 0.2) is 17.1 Å². The van der Waals surface area contributed by atoms with Gasteiger partial charge in [-0.1, -0.05) is 0 Å². The Morgan fingerprint density at radius 1 is 1.31 bits per heavy atom. The van der Waals surface area contributed by atoms with Gasteiger partial charge in [0.1, 0.15) is 17.5 Å². The third kappa shape index (κ3) is 6.20. The van der Waals surface area contributed by atoms with Crippen LogP contribution in [0.1, 0.15) is 12.6 Å². The zero-order chi connectivity index (χ0) is 24.7. The van der Waals surface area contributed by atoms with Gasteiger partial charge in [-0.25, -0.2) is 27.0 Å². The number of nitrogen functional groups attached to an aromatic ring is 1. The van der Waals surface area contributed by atoms with Gasteiger partial charge in [-0.05, 0) is 6.07 Å². The summed E-state index contributed by atoms with van der Waals surface area (Å²) in [4.78, 5) is 51.0. The average Bonchev–Trinajstić information content (AvgIpc) is 2.84. The fourth-order valence-corrected chi connectivity index (χ4v) is 6.66. The molecule has 0 bridgehead atoms. The van der Waals surface area contributed by atoms with E-state index in [2.05, 4.69) is 13.6 Å². The van der Waals surface area contributed by atoms with Crippen molar-refractivity contribution in [1.29, 1.82) is 0 Å². The molecule has 4 unspecified atom stereocenters. The molecule has 1 fully saturated rings. The Morgan fingerprint density at radius 2 is 1.91 bits per heavy atom. The van der Waals surface area contributed by atoms with Gasteiger partial charge in [0.05, 0.1) is 5.88 Å². The number of phosphoric acid groups is 2. The van der Waals surface area contributed by atoms with Crippen molar-refractivity contribution in [2.75, 3.05) is 11.6 Å². The minimum Gasteiger partial charge on any atom is -0.387 e. The zero-order valence-corrected chi connectivity index (χ0v) is 18.9. The molecule has 21 heteroatoms. The molecule has 15 nitrogen and oxygen atoms in total. The van der Waals surface area contributed by atoms with Crippen molar-refractivity contribution in [1.82, 2.24) is 9.55 Å². The van der Waals surface area contributed by atoms with Crippen LogP contribution in [0, 0.1) is 0 Å². The first-order chi connectivity index (χ1) is 14.4. The molecule has 2 heterocycles. The van der Waals surface area contributed by atoms with Crippen LogP contribution in [0.3, 0.4) is 0 Å². The summed E-state index contributed by atoms with van der Waals surface area (Å²) in [5.74, 6) is -4.33. The molecular weight excluding hydrogens is 533 g/mol. The molecule has 0 aliphatic carbocycles. The Hall–Kier alpha value is -0.800. The molecule has 1 aromatic heterocycles. The molecule has 2 rings (SSSR count). The molecule has 7 N–H and O–H groups in total. The topological polar surface area (TPSA) is 241 Å². The summed E-state index contributed by atoms with van der Waals surface area (Å²) in [6, 6.07) is 1.08. The van der Waals surface area contributed by atoms with Crippen molar-refractivity contribution in [3.63, 3.8) is 0 Å². The van der Waals surface area contributed by atoms with Gasteiger partial charge in [0, 0.05) is 12.6 Å². The molecule has 0 amide bonds. The number of halogens is 3. The molecule has 1 aliphatic rings. The van der Waals surface area contributed by atoms with Gasteiger partial charge in [-0.2, -0.15) is 9.29 Å². The Bertz CT molecular complexity index is 1060. The van der Waals surface area contributed by atoms with Crippen molar-refractivity contribution in [3.8, 4) is 0 Å². The summed E-state index contributed by atoms with van der Waals surface area (Å²) in [5.41, 5.74) is 1.74. The molecule has 184 valence electrons. The molecule has 0 radical (unpaired) electrons. The Labute approximate surface area is 182 Å². The number of hydrogen-bond donors (Lipinski definition) is 6. The Morgan fingerprint density at radius 3 is 2.41 bits per heavy atom. The fraction of sp³-hybridized carbons (Fsp3) is 0.636. The maximum absolute atomic E-state index is 14.7. The van der Waals surface area contributed by atoms with E-state index in [9.17, 15) is 37.3 Å². The normalized spacial score (nSPS) is 31.1. The second-order valence-corrected chi connectivity index (χ2v) is 11.6. The highest BCUT2D eigenvalue weighted by molar-refractivity contribution is 7.68. The third-order valence-electron chi connectivity index (χ3n) is 4.12. The van der Waals surface area contributed by atoms with E-state index in [4.69, 9.17) is 36.8 Å². The molecule has 1 aromatic rings. The van der Waals surface area contributed by atoms with Crippen molar-refractivity contribution in [2.24, 2.45) is 0 Å². The number of aliphatic hydroxyl groups is 1. The minimum absolute atomic E-state index is 0.225. The quantitative estimate of drug-likeness (QED) is 0.177. The number of nitrogens with two attached hydrogens (primary N) is 1. The molecular formula is C11H17ClF2N3O12P3. The summed E-state index contributed by atoms with van der Waals surface area (Å²) in [6.45, 7) is 0. The number of rotatable bonds is 9. The maximum atomic E-state index is 14.7. The highest BCUT2D eigenvalue weighted by Gasteiger charge is 2.59. The number of ether oxygens (including phenoxy) is 1. The number of anilines is 1. The lowest BCUT2D eigenvalue weighted by molar-refractivity contribution is -0.100. The first-order valence-electron chi connectivity index (χ1n) is 8.11. The number of aromatic nitrogens is 2. The van der Waals surface area contributed by atoms with Gasteiger partial charge in [0.15, 0.2) is 12.4 Å². The number of hydrogen-bond acceptors (Lipinski definition) is 10. The monoisotopic (exact) mass is 549 g/mol. The lowest BCUT2D eigenvalue weighted by Crippen LogP contribution is -2.46. The third-order valence-corrected chi connectivity index (χ3v) is 8.90. The predicted molar refractivity (Wildman–Crippen MR) is 101 cm³/mol. The molecule has 1 aliphatic heterocycles. The molecule has 32 heavy (non-hydrogen) atoms. The van der Waals surface area contributed by atoms with Crippen molar-refractivity contribution >= 4 is 40.7 Å². The highest BCUT2D eigenvalue weighted by atomic mass is 35.5. The van der Waals surface area contributed by atoms with Crippen molar-refractivity contribution in [2.45, 2.75) is 36.4 Å². The summed E-state index contributed by atoms with van der Waals surface area (Å²) >= 11 is 5.67. The van der Waals surface area contributed by atoms with Crippen LogP contribution in [0.2, 0.25) is 0 Å². The lowest BCUT2D eigenvalue weighted by atomic mass is 9.94. The van der Waals surface area contributed by atoms with E-state index in [-0.39, 0.29) is 5.82 Å². The van der Waals surface area contributed by atoms with Crippen LogP contribution in [0.4, 0.5) is 14.6 Å². The number of alkyl halides is 3. The van der Waals surface area contributed by atoms with Crippen molar-refractivity contribution < 1.29 is 60.5 Å². The van der Waals surface area contributed by atoms with Crippen LogP contribution in [0.25, 0.3) is 0 Å². The zero-order valence-electron chi connectivity index (χ0n) is 15.4. The first-order valence-corrected chi connectivity index (χ1v) is 13.3. The maximum Gasteiger partial charge on any atom is 0.488 e. The van der Waals surface area contributed by atoms with Gasteiger partial charge in [-0.3, -0.25) is 9.13 Å². The lowest BCUT2D eigenvalue weighted by Gasteiger charge is -2.31. The summed E-state index contributed by atoms with van der Waals surface area (Å²) < 4.78 is 76.1. The predicted octanol–water partition coefficient (Wildman–Crippen LogP) is 0.128. The van der Waals surface area contributed by atoms with E-state index >= 15 is 0 Å². The largest absolute Gasteiger partial charge is 0.488 e. The van der Waals surface area contributed by atoms with E-state index in [1.54, 1.807) is 0 Å². The average molecular weight is 550 g/mol. The van der Waals surface area contributed by atoms with Gasteiger partial charge in [0.2, 0.25) is 5.91 Å². The fourth-order valence-electron chi connectivity index (χ4n) is 2.73. The Balaban J connectivity index is 2.28. The second kappa shape index (κ2) is 9.45. The van der Waals surface area contributed by atoms with Crippen LogP contribution in [-0.2, 0) is 27.1 Å². The van der Waals surface area contributed by atoms with Crippen LogP contribution >= 0.6 is 34.8 Å². The van der Waals surface area contributed by atoms with E-state index < -0.39 is 71.2 Å². The van der Waals surface area contributed by atoms with E-state index in [1.807, 2.05) is 0 Å². The SMILES string of the molecule is Nc1ccn([C@@H]2O[C@](CCl)(CC(F)P(=O)(O)OP(=O)(O)OP(=O)(O)O)C(O)[C@H]2F)c(=O)n1. The Kier molecular flexibility index (Phi) is 8.10. The van der Waals surface area contributed by atoms with Gasteiger partial charge in [-0.15, -0.1) is 11.6 Å².